The molecule has 0 bridgehead atoms. The van der Waals surface area contributed by atoms with E-state index in [4.69, 9.17) is 4.74 Å². The second kappa shape index (κ2) is 5.00. The molecule has 0 spiro atoms. The summed E-state index contributed by atoms with van der Waals surface area (Å²) in [6, 6.07) is 1.48. The number of anilines is 1. The SMILES string of the molecule is CNc1nc(C)cc(OCCC(F)(F)F)n1. The molecule has 0 fully saturated rings. The molecule has 0 radical (unpaired) electrons. The zero-order chi connectivity index (χ0) is 12.2. The van der Waals surface area contributed by atoms with Crippen molar-refractivity contribution in [1.82, 2.24) is 9.97 Å². The lowest BCUT2D eigenvalue weighted by Crippen LogP contribution is -2.13. The smallest absolute Gasteiger partial charge is 0.392 e. The van der Waals surface area contributed by atoms with Gasteiger partial charge in [0.15, 0.2) is 0 Å². The highest BCUT2D eigenvalue weighted by Crippen LogP contribution is 2.20. The molecule has 7 heteroatoms. The zero-order valence-electron chi connectivity index (χ0n) is 8.93. The molecule has 1 rings (SSSR count). The van der Waals surface area contributed by atoms with Crippen molar-refractivity contribution in [3.05, 3.63) is 11.8 Å². The number of ether oxygens (including phenoxy) is 1. The molecule has 1 N–H and O–H groups in total. The fraction of sp³-hybridized carbons (Fsp3) is 0.556. The van der Waals surface area contributed by atoms with Crippen LogP contribution in [0.4, 0.5) is 19.1 Å². The van der Waals surface area contributed by atoms with Crippen LogP contribution < -0.4 is 10.1 Å². The largest absolute Gasteiger partial charge is 0.477 e. The molecule has 16 heavy (non-hydrogen) atoms. The molecule has 0 aliphatic heterocycles. The average Bonchev–Trinajstić information content (AvgIpc) is 2.14. The van der Waals surface area contributed by atoms with E-state index >= 15 is 0 Å². The second-order valence-electron chi connectivity index (χ2n) is 3.13. The molecule has 4 nitrogen and oxygen atoms in total. The van der Waals surface area contributed by atoms with E-state index in [1.165, 1.54) is 6.07 Å². The van der Waals surface area contributed by atoms with Crippen LogP contribution in [0.2, 0.25) is 0 Å². The van der Waals surface area contributed by atoms with Crippen molar-refractivity contribution in [2.75, 3.05) is 19.0 Å². The lowest BCUT2D eigenvalue weighted by Gasteiger charge is -2.09. The maximum Gasteiger partial charge on any atom is 0.392 e. The normalized spacial score (nSPS) is 11.3. The standard InChI is InChI=1S/C9H12F3N3O/c1-6-5-7(15-8(13-2)14-6)16-4-3-9(10,11)12/h5H,3-4H2,1-2H3,(H,13,14,15). The maximum atomic E-state index is 11.9. The van der Waals surface area contributed by atoms with Gasteiger partial charge in [-0.25, -0.2) is 4.98 Å². The number of rotatable bonds is 4. The number of hydrogen-bond acceptors (Lipinski definition) is 4. The van der Waals surface area contributed by atoms with Crippen molar-refractivity contribution in [2.45, 2.75) is 19.5 Å². The van der Waals surface area contributed by atoms with E-state index in [0.29, 0.717) is 11.6 Å². The van der Waals surface area contributed by atoms with Gasteiger partial charge in [-0.3, -0.25) is 0 Å². The summed E-state index contributed by atoms with van der Waals surface area (Å²) < 4.78 is 40.5. The van der Waals surface area contributed by atoms with E-state index in [0.717, 1.165) is 0 Å². The average molecular weight is 235 g/mol. The van der Waals surface area contributed by atoms with Gasteiger partial charge in [-0.05, 0) is 6.92 Å². The van der Waals surface area contributed by atoms with Crippen molar-refractivity contribution in [3.8, 4) is 5.88 Å². The summed E-state index contributed by atoms with van der Waals surface area (Å²) in [4.78, 5) is 7.84. The Bertz CT molecular complexity index is 354. The Hall–Kier alpha value is -1.53. The number of nitrogens with zero attached hydrogens (tertiary/aromatic N) is 2. The first-order valence-corrected chi connectivity index (χ1v) is 4.64. The van der Waals surface area contributed by atoms with Gasteiger partial charge in [-0.15, -0.1) is 0 Å². The van der Waals surface area contributed by atoms with Crippen LogP contribution in [-0.4, -0.2) is 29.8 Å². The summed E-state index contributed by atoms with van der Waals surface area (Å²) in [6.07, 6.45) is -5.21. The van der Waals surface area contributed by atoms with Crippen LogP contribution in [0, 0.1) is 6.92 Å². The summed E-state index contributed by atoms with van der Waals surface area (Å²) in [7, 11) is 1.62. The van der Waals surface area contributed by atoms with E-state index in [1.54, 1.807) is 14.0 Å². The van der Waals surface area contributed by atoms with Gasteiger partial charge < -0.3 is 10.1 Å². The molecule has 0 saturated heterocycles. The van der Waals surface area contributed by atoms with Crippen molar-refractivity contribution in [2.24, 2.45) is 0 Å². The number of hydrogen-bond donors (Lipinski definition) is 1. The maximum absolute atomic E-state index is 11.9. The van der Waals surface area contributed by atoms with Gasteiger partial charge in [0.25, 0.3) is 0 Å². The van der Waals surface area contributed by atoms with Crippen LogP contribution in [0.15, 0.2) is 6.07 Å². The fourth-order valence-corrected chi connectivity index (χ4v) is 0.997. The van der Waals surface area contributed by atoms with Crippen LogP contribution in [-0.2, 0) is 0 Å². The molecular weight excluding hydrogens is 223 g/mol. The van der Waals surface area contributed by atoms with Crippen LogP contribution in [0.3, 0.4) is 0 Å². The fourth-order valence-electron chi connectivity index (χ4n) is 0.997. The van der Waals surface area contributed by atoms with Crippen molar-refractivity contribution in [1.29, 1.82) is 0 Å². The molecule has 0 unspecified atom stereocenters. The summed E-state index contributed by atoms with van der Waals surface area (Å²) in [6.45, 7) is 1.27. The molecule has 0 aromatic carbocycles. The highest BCUT2D eigenvalue weighted by molar-refractivity contribution is 5.29. The number of aryl methyl sites for hydroxylation is 1. The van der Waals surface area contributed by atoms with Crippen LogP contribution in [0.25, 0.3) is 0 Å². The Morgan fingerprint density at radius 2 is 2.06 bits per heavy atom. The van der Waals surface area contributed by atoms with Gasteiger partial charge in [0.1, 0.15) is 0 Å². The Morgan fingerprint density at radius 1 is 1.38 bits per heavy atom. The third kappa shape index (κ3) is 4.33. The van der Waals surface area contributed by atoms with Gasteiger partial charge in [0.2, 0.25) is 11.8 Å². The summed E-state index contributed by atoms with van der Waals surface area (Å²) in [5.74, 6) is 0.461. The van der Waals surface area contributed by atoms with Gasteiger partial charge in [0, 0.05) is 18.8 Å². The molecule has 0 amide bonds. The highest BCUT2D eigenvalue weighted by Gasteiger charge is 2.26. The summed E-state index contributed by atoms with van der Waals surface area (Å²) in [5, 5.41) is 2.69. The minimum Gasteiger partial charge on any atom is -0.477 e. The highest BCUT2D eigenvalue weighted by atomic mass is 19.4. The second-order valence-corrected chi connectivity index (χ2v) is 3.13. The third-order valence-electron chi connectivity index (χ3n) is 1.69. The van der Waals surface area contributed by atoms with E-state index in [9.17, 15) is 13.2 Å². The molecular formula is C9H12F3N3O. The van der Waals surface area contributed by atoms with Crippen molar-refractivity contribution < 1.29 is 17.9 Å². The Morgan fingerprint density at radius 3 is 2.62 bits per heavy atom. The van der Waals surface area contributed by atoms with Crippen LogP contribution in [0.1, 0.15) is 12.1 Å². The monoisotopic (exact) mass is 235 g/mol. The molecule has 0 atom stereocenters. The quantitative estimate of drug-likeness (QED) is 0.868. The first kappa shape index (κ1) is 12.5. The topological polar surface area (TPSA) is 47.0 Å². The Balaban J connectivity index is 2.57. The summed E-state index contributed by atoms with van der Waals surface area (Å²) >= 11 is 0. The lowest BCUT2D eigenvalue weighted by molar-refractivity contribution is -0.139. The number of alkyl halides is 3. The molecule has 90 valence electrons. The molecule has 0 aliphatic carbocycles. The van der Waals surface area contributed by atoms with Gasteiger partial charge in [-0.1, -0.05) is 0 Å². The lowest BCUT2D eigenvalue weighted by atomic mass is 10.4. The van der Waals surface area contributed by atoms with E-state index in [2.05, 4.69) is 15.3 Å². The zero-order valence-corrected chi connectivity index (χ0v) is 8.93. The Labute approximate surface area is 90.9 Å². The predicted octanol–water partition coefficient (Wildman–Crippen LogP) is 2.16. The number of halogens is 3. The molecule has 0 aliphatic rings. The third-order valence-corrected chi connectivity index (χ3v) is 1.69. The van der Waals surface area contributed by atoms with E-state index in [-0.39, 0.29) is 5.88 Å². The van der Waals surface area contributed by atoms with Crippen LogP contribution >= 0.6 is 0 Å². The summed E-state index contributed by atoms with van der Waals surface area (Å²) in [5.41, 5.74) is 0.626. The predicted molar refractivity (Wildman–Crippen MR) is 52.5 cm³/mol. The molecule has 1 aromatic rings. The van der Waals surface area contributed by atoms with Gasteiger partial charge in [-0.2, -0.15) is 18.2 Å². The van der Waals surface area contributed by atoms with Crippen molar-refractivity contribution >= 4 is 5.95 Å². The van der Waals surface area contributed by atoms with Gasteiger partial charge in [0.05, 0.1) is 13.0 Å². The minimum atomic E-state index is -4.21. The molecule has 1 heterocycles. The van der Waals surface area contributed by atoms with E-state index < -0.39 is 19.2 Å². The minimum absolute atomic E-state index is 0.140. The Kier molecular flexibility index (Phi) is 3.92. The van der Waals surface area contributed by atoms with Crippen LogP contribution in [0.5, 0.6) is 5.88 Å². The first-order chi connectivity index (χ1) is 7.40. The van der Waals surface area contributed by atoms with Crippen molar-refractivity contribution in [3.63, 3.8) is 0 Å². The number of aromatic nitrogens is 2. The van der Waals surface area contributed by atoms with Gasteiger partial charge >= 0.3 is 6.18 Å². The molecule has 1 aromatic heterocycles. The van der Waals surface area contributed by atoms with E-state index in [1.807, 2.05) is 0 Å². The molecule has 0 saturated carbocycles. The first-order valence-electron chi connectivity index (χ1n) is 4.64. The number of nitrogens with one attached hydrogen (secondary N) is 1.